The normalized spacial score (nSPS) is 19.4. The number of likely N-dealkylation sites (tertiary alicyclic amines) is 1. The van der Waals surface area contributed by atoms with Crippen LogP contribution in [0.5, 0.6) is 0 Å². The van der Waals surface area contributed by atoms with Crippen molar-refractivity contribution in [1.82, 2.24) is 15.2 Å². The van der Waals surface area contributed by atoms with E-state index in [0.29, 0.717) is 10.6 Å². The van der Waals surface area contributed by atoms with Gasteiger partial charge >= 0.3 is 0 Å². The predicted octanol–water partition coefficient (Wildman–Crippen LogP) is 1.87. The van der Waals surface area contributed by atoms with Crippen molar-refractivity contribution in [2.75, 3.05) is 13.1 Å². The number of pyridine rings is 1. The summed E-state index contributed by atoms with van der Waals surface area (Å²) in [6, 6.07) is 1.72. The number of nitrogens with one attached hydrogen (secondary N) is 1. The molecule has 1 saturated carbocycles. The summed E-state index contributed by atoms with van der Waals surface area (Å²) in [5.41, 5.74) is 0.447. The second kappa shape index (κ2) is 6.02. The fourth-order valence-corrected chi connectivity index (χ4v) is 2.86. The minimum absolute atomic E-state index is 0.102. The highest BCUT2D eigenvalue weighted by Gasteiger charge is 2.35. The lowest BCUT2D eigenvalue weighted by atomic mass is 10.0. The van der Waals surface area contributed by atoms with Crippen molar-refractivity contribution in [2.45, 2.75) is 31.7 Å². The zero-order valence-electron chi connectivity index (χ0n) is 11.7. The Labute approximate surface area is 128 Å². The van der Waals surface area contributed by atoms with Crippen molar-refractivity contribution in [1.29, 1.82) is 0 Å². The van der Waals surface area contributed by atoms with E-state index < -0.39 is 0 Å². The quantitative estimate of drug-likeness (QED) is 0.927. The van der Waals surface area contributed by atoms with Gasteiger partial charge in [0.1, 0.15) is 0 Å². The van der Waals surface area contributed by atoms with E-state index in [2.05, 4.69) is 10.3 Å². The van der Waals surface area contributed by atoms with E-state index >= 15 is 0 Å². The molecule has 0 aromatic carbocycles. The number of hydrogen-bond acceptors (Lipinski definition) is 3. The van der Waals surface area contributed by atoms with Gasteiger partial charge in [0.25, 0.3) is 5.91 Å². The molecule has 6 heteroatoms. The molecule has 5 nitrogen and oxygen atoms in total. The van der Waals surface area contributed by atoms with Crippen LogP contribution in [0.25, 0.3) is 0 Å². The third-order valence-electron chi connectivity index (χ3n) is 4.09. The van der Waals surface area contributed by atoms with Gasteiger partial charge in [-0.2, -0.15) is 0 Å². The molecule has 1 N–H and O–H groups in total. The molecule has 2 amide bonds. The summed E-state index contributed by atoms with van der Waals surface area (Å²) in [6.45, 7) is 1.45. The average Bonchev–Trinajstić information content (AvgIpc) is 3.32. The molecule has 2 heterocycles. The van der Waals surface area contributed by atoms with E-state index in [9.17, 15) is 9.59 Å². The molecule has 0 atom stereocenters. The van der Waals surface area contributed by atoms with Gasteiger partial charge in [0, 0.05) is 37.4 Å². The van der Waals surface area contributed by atoms with Crippen LogP contribution in [0.2, 0.25) is 5.02 Å². The van der Waals surface area contributed by atoms with Crippen molar-refractivity contribution in [3.05, 3.63) is 29.0 Å². The number of carbonyl (C=O) groups excluding carboxylic acids is 2. The Balaban J connectivity index is 1.52. The van der Waals surface area contributed by atoms with E-state index in [-0.39, 0.29) is 23.8 Å². The van der Waals surface area contributed by atoms with E-state index in [1.807, 2.05) is 4.90 Å². The standard InChI is InChI=1S/C15H18ClN3O2/c16-13-9-17-6-3-12(13)14(20)18-11-4-7-19(8-5-11)15(21)10-1-2-10/h3,6,9-11H,1-2,4-5,7-8H2,(H,18,20). The van der Waals surface area contributed by atoms with Crippen LogP contribution in [0.3, 0.4) is 0 Å². The van der Waals surface area contributed by atoms with E-state index in [1.54, 1.807) is 12.3 Å². The molecular weight excluding hydrogens is 290 g/mol. The Kier molecular flexibility index (Phi) is 4.10. The van der Waals surface area contributed by atoms with Gasteiger partial charge in [-0.15, -0.1) is 0 Å². The predicted molar refractivity (Wildman–Crippen MR) is 79.0 cm³/mol. The van der Waals surface area contributed by atoms with Crippen molar-refractivity contribution in [2.24, 2.45) is 5.92 Å². The lowest BCUT2D eigenvalue weighted by molar-refractivity contribution is -0.133. The molecule has 1 saturated heterocycles. The highest BCUT2D eigenvalue weighted by atomic mass is 35.5. The highest BCUT2D eigenvalue weighted by Crippen LogP contribution is 2.31. The third-order valence-corrected chi connectivity index (χ3v) is 4.39. The maximum atomic E-state index is 12.2. The fraction of sp³-hybridized carbons (Fsp3) is 0.533. The van der Waals surface area contributed by atoms with E-state index in [1.165, 1.54) is 6.20 Å². The van der Waals surface area contributed by atoms with Gasteiger partial charge in [0.05, 0.1) is 10.6 Å². The zero-order chi connectivity index (χ0) is 14.8. The number of rotatable bonds is 3. The molecule has 2 aliphatic rings. The first kappa shape index (κ1) is 14.3. The van der Waals surface area contributed by atoms with E-state index in [0.717, 1.165) is 38.8 Å². The molecule has 0 spiro atoms. The number of amides is 2. The summed E-state index contributed by atoms with van der Waals surface area (Å²) in [6.07, 6.45) is 6.69. The summed E-state index contributed by atoms with van der Waals surface area (Å²) >= 11 is 5.97. The minimum atomic E-state index is -0.172. The Morgan fingerprint density at radius 2 is 1.95 bits per heavy atom. The first-order valence-corrected chi connectivity index (χ1v) is 7.72. The topological polar surface area (TPSA) is 62.3 Å². The molecule has 1 aliphatic heterocycles. The summed E-state index contributed by atoms with van der Waals surface area (Å²) in [5.74, 6) is 0.387. The number of nitrogens with zero attached hydrogens (tertiary/aromatic N) is 2. The molecule has 3 rings (SSSR count). The molecule has 1 aliphatic carbocycles. The first-order valence-electron chi connectivity index (χ1n) is 7.34. The number of piperidine rings is 1. The number of hydrogen-bond donors (Lipinski definition) is 1. The van der Waals surface area contributed by atoms with Crippen molar-refractivity contribution in [3.8, 4) is 0 Å². The summed E-state index contributed by atoms with van der Waals surface area (Å²) in [7, 11) is 0. The Hall–Kier alpha value is -1.62. The maximum absolute atomic E-state index is 12.2. The van der Waals surface area contributed by atoms with Crippen LogP contribution >= 0.6 is 11.6 Å². The molecule has 1 aromatic heterocycles. The molecule has 0 unspecified atom stereocenters. The van der Waals surface area contributed by atoms with Gasteiger partial charge in [0.15, 0.2) is 0 Å². The number of carbonyl (C=O) groups is 2. The SMILES string of the molecule is O=C(NC1CCN(C(=O)C2CC2)CC1)c1ccncc1Cl. The largest absolute Gasteiger partial charge is 0.349 e. The molecular formula is C15H18ClN3O2. The first-order chi connectivity index (χ1) is 10.1. The van der Waals surface area contributed by atoms with Gasteiger partial charge in [-0.05, 0) is 31.7 Å². The van der Waals surface area contributed by atoms with Crippen molar-refractivity contribution >= 4 is 23.4 Å². The smallest absolute Gasteiger partial charge is 0.253 e. The zero-order valence-corrected chi connectivity index (χ0v) is 12.5. The second-order valence-electron chi connectivity index (χ2n) is 5.70. The van der Waals surface area contributed by atoms with Crippen LogP contribution in [0.15, 0.2) is 18.5 Å². The summed E-state index contributed by atoms with van der Waals surface area (Å²) in [5, 5.41) is 3.35. The van der Waals surface area contributed by atoms with Gasteiger partial charge in [-0.1, -0.05) is 11.6 Å². The van der Waals surface area contributed by atoms with Crippen LogP contribution < -0.4 is 5.32 Å². The molecule has 2 fully saturated rings. The van der Waals surface area contributed by atoms with Crippen LogP contribution in [-0.4, -0.2) is 40.8 Å². The summed E-state index contributed by atoms with van der Waals surface area (Å²) < 4.78 is 0. The maximum Gasteiger partial charge on any atom is 0.253 e. The van der Waals surface area contributed by atoms with Crippen LogP contribution in [0.1, 0.15) is 36.0 Å². The van der Waals surface area contributed by atoms with Gasteiger partial charge < -0.3 is 10.2 Å². The van der Waals surface area contributed by atoms with Crippen molar-refractivity contribution in [3.63, 3.8) is 0 Å². The Bertz CT molecular complexity index is 552. The van der Waals surface area contributed by atoms with E-state index in [4.69, 9.17) is 11.6 Å². The minimum Gasteiger partial charge on any atom is -0.349 e. The molecule has 1 aromatic rings. The second-order valence-corrected chi connectivity index (χ2v) is 6.11. The average molecular weight is 308 g/mol. The van der Waals surface area contributed by atoms with Crippen LogP contribution in [0, 0.1) is 5.92 Å². The molecule has 21 heavy (non-hydrogen) atoms. The lowest BCUT2D eigenvalue weighted by Gasteiger charge is -2.32. The molecule has 112 valence electrons. The summed E-state index contributed by atoms with van der Waals surface area (Å²) in [4.78, 5) is 29.9. The van der Waals surface area contributed by atoms with Gasteiger partial charge in [-0.25, -0.2) is 0 Å². The van der Waals surface area contributed by atoms with Crippen molar-refractivity contribution < 1.29 is 9.59 Å². The highest BCUT2D eigenvalue weighted by molar-refractivity contribution is 6.33. The van der Waals surface area contributed by atoms with Gasteiger partial charge in [-0.3, -0.25) is 14.6 Å². The lowest BCUT2D eigenvalue weighted by Crippen LogP contribution is -2.47. The Morgan fingerprint density at radius 1 is 1.24 bits per heavy atom. The Morgan fingerprint density at radius 3 is 2.57 bits per heavy atom. The molecule has 0 bridgehead atoms. The van der Waals surface area contributed by atoms with Crippen LogP contribution in [0.4, 0.5) is 0 Å². The third kappa shape index (κ3) is 3.35. The number of aromatic nitrogens is 1. The number of halogens is 1. The monoisotopic (exact) mass is 307 g/mol. The fourth-order valence-electron chi connectivity index (χ4n) is 2.66. The molecule has 0 radical (unpaired) electrons. The van der Waals surface area contributed by atoms with Gasteiger partial charge in [0.2, 0.25) is 5.91 Å². The van der Waals surface area contributed by atoms with Crippen LogP contribution in [-0.2, 0) is 4.79 Å².